The Hall–Kier alpha value is -3.22. The molecule has 1 aromatic carbocycles. The van der Waals surface area contributed by atoms with Gasteiger partial charge in [0.1, 0.15) is 5.56 Å². The van der Waals surface area contributed by atoms with Crippen LogP contribution in [0.3, 0.4) is 0 Å². The number of pyridine rings is 1. The number of rotatable bonds is 8. The lowest BCUT2D eigenvalue weighted by Gasteiger charge is -2.16. The van der Waals surface area contributed by atoms with E-state index in [9.17, 15) is 13.6 Å². The molecule has 0 radical (unpaired) electrons. The molecule has 158 valence electrons. The first-order valence-electron chi connectivity index (χ1n) is 9.56. The molecule has 0 spiro atoms. The van der Waals surface area contributed by atoms with Gasteiger partial charge in [-0.25, -0.2) is 13.8 Å². The fourth-order valence-electron chi connectivity index (χ4n) is 3.25. The van der Waals surface area contributed by atoms with Crippen LogP contribution in [0.1, 0.15) is 34.0 Å². The first-order valence-corrected chi connectivity index (χ1v) is 9.56. The third kappa shape index (κ3) is 5.03. The maximum Gasteiger partial charge on any atom is 0.278 e. The van der Waals surface area contributed by atoms with Crippen LogP contribution < -0.4 is 4.74 Å². The molecule has 0 atom stereocenters. The summed E-state index contributed by atoms with van der Waals surface area (Å²) < 4.78 is 31.4. The number of aromatic nitrogens is 1. The fraction of sp³-hybridized carbons (Fsp3) is 0.304. The number of allylic oxidation sites excluding steroid dienone is 2. The summed E-state index contributed by atoms with van der Waals surface area (Å²) in [4.78, 5) is 20.5. The van der Waals surface area contributed by atoms with Crippen LogP contribution in [0, 0.1) is 0 Å². The molecular weight excluding hydrogens is 388 g/mol. The van der Waals surface area contributed by atoms with Crippen LogP contribution in [0.2, 0.25) is 0 Å². The number of ether oxygens (including phenoxy) is 1. The van der Waals surface area contributed by atoms with Gasteiger partial charge in [-0.2, -0.15) is 0 Å². The van der Waals surface area contributed by atoms with E-state index in [-0.39, 0.29) is 17.4 Å². The van der Waals surface area contributed by atoms with Crippen LogP contribution in [0.5, 0.6) is 5.88 Å². The van der Waals surface area contributed by atoms with Crippen LogP contribution in [-0.4, -0.2) is 47.3 Å². The number of nitrogens with zero attached hydrogens (tertiary/aromatic N) is 3. The Bertz CT molecular complexity index is 963. The predicted molar refractivity (Wildman–Crippen MR) is 112 cm³/mol. The highest BCUT2D eigenvalue weighted by atomic mass is 19.3. The monoisotopic (exact) mass is 413 g/mol. The molecular formula is C23H25F2N3O2. The van der Waals surface area contributed by atoms with Crippen molar-refractivity contribution in [2.45, 2.75) is 25.9 Å². The molecule has 30 heavy (non-hydrogen) atoms. The molecule has 3 rings (SSSR count). The van der Waals surface area contributed by atoms with Crippen LogP contribution in [0.4, 0.5) is 8.78 Å². The highest BCUT2D eigenvalue weighted by Crippen LogP contribution is 2.31. The van der Waals surface area contributed by atoms with E-state index in [4.69, 9.17) is 4.74 Å². The Morgan fingerprint density at radius 3 is 2.60 bits per heavy atom. The Labute approximate surface area is 175 Å². The Balaban J connectivity index is 1.74. The lowest BCUT2D eigenvalue weighted by Crippen LogP contribution is -2.25. The van der Waals surface area contributed by atoms with Crippen LogP contribution in [0.15, 0.2) is 55.4 Å². The van der Waals surface area contributed by atoms with Gasteiger partial charge in [-0.05, 0) is 28.3 Å². The zero-order valence-corrected chi connectivity index (χ0v) is 17.4. The number of hydrogen-bond donors (Lipinski definition) is 0. The molecule has 7 heteroatoms. The van der Waals surface area contributed by atoms with Crippen molar-refractivity contribution >= 4 is 11.5 Å². The van der Waals surface area contributed by atoms with Gasteiger partial charge in [0, 0.05) is 46.5 Å². The fourth-order valence-corrected chi connectivity index (χ4v) is 3.25. The molecule has 5 nitrogen and oxygen atoms in total. The van der Waals surface area contributed by atoms with E-state index in [2.05, 4.69) is 11.6 Å². The number of amides is 1. The largest absolute Gasteiger partial charge is 0.471 e. The van der Waals surface area contributed by atoms with Crippen molar-refractivity contribution in [3.05, 3.63) is 77.6 Å². The van der Waals surface area contributed by atoms with Crippen molar-refractivity contribution in [3.8, 4) is 5.88 Å². The van der Waals surface area contributed by atoms with E-state index < -0.39 is 12.5 Å². The quantitative estimate of drug-likeness (QED) is 0.604. The highest BCUT2D eigenvalue weighted by Gasteiger charge is 2.33. The summed E-state index contributed by atoms with van der Waals surface area (Å²) in [5.74, 6) is -3.31. The van der Waals surface area contributed by atoms with E-state index in [0.29, 0.717) is 13.1 Å². The molecule has 0 fully saturated rings. The summed E-state index contributed by atoms with van der Waals surface area (Å²) in [6.45, 7) is 4.58. The number of carbonyl (C=O) groups is 1. The summed E-state index contributed by atoms with van der Waals surface area (Å²) in [6, 6.07) is 9.62. The van der Waals surface area contributed by atoms with E-state index >= 15 is 0 Å². The second-order valence-corrected chi connectivity index (χ2v) is 7.62. The minimum absolute atomic E-state index is 0.0404. The van der Waals surface area contributed by atoms with Gasteiger partial charge in [0.2, 0.25) is 5.88 Å². The van der Waals surface area contributed by atoms with Gasteiger partial charge >= 0.3 is 0 Å². The molecule has 0 aliphatic carbocycles. The second-order valence-electron chi connectivity index (χ2n) is 7.62. The number of hydrogen-bond acceptors (Lipinski definition) is 4. The molecule has 1 aromatic heterocycles. The lowest BCUT2D eigenvalue weighted by molar-refractivity contribution is -0.0245. The number of fused-ring (bicyclic) bond motifs is 1. The maximum atomic E-state index is 13.1. The highest BCUT2D eigenvalue weighted by molar-refractivity contribution is 6.00. The van der Waals surface area contributed by atoms with Gasteiger partial charge in [-0.15, -0.1) is 0 Å². The maximum absolute atomic E-state index is 13.1. The van der Waals surface area contributed by atoms with Gasteiger partial charge in [-0.3, -0.25) is 4.79 Å². The molecule has 0 N–H and O–H groups in total. The molecule has 1 aliphatic rings. The van der Waals surface area contributed by atoms with Crippen molar-refractivity contribution < 1.29 is 18.3 Å². The molecule has 1 aliphatic heterocycles. The molecule has 0 unspecified atom stereocenters. The van der Waals surface area contributed by atoms with E-state index in [0.717, 1.165) is 29.2 Å². The first kappa shape index (κ1) is 21.5. The topological polar surface area (TPSA) is 45.7 Å². The van der Waals surface area contributed by atoms with Gasteiger partial charge in [0.15, 0.2) is 6.61 Å². The van der Waals surface area contributed by atoms with Crippen LogP contribution in [-0.2, 0) is 13.1 Å². The summed E-state index contributed by atoms with van der Waals surface area (Å²) >= 11 is 0. The van der Waals surface area contributed by atoms with Gasteiger partial charge in [0.05, 0.1) is 0 Å². The van der Waals surface area contributed by atoms with Gasteiger partial charge in [0.25, 0.3) is 11.8 Å². The first-order chi connectivity index (χ1) is 14.2. The second kappa shape index (κ2) is 8.65. The zero-order valence-electron chi connectivity index (χ0n) is 17.4. The number of alkyl halides is 2. The summed E-state index contributed by atoms with van der Waals surface area (Å²) in [5, 5.41) is 0. The average molecular weight is 413 g/mol. The summed E-state index contributed by atoms with van der Waals surface area (Å²) in [7, 11) is 3.89. The van der Waals surface area contributed by atoms with Crippen molar-refractivity contribution in [1.29, 1.82) is 0 Å². The van der Waals surface area contributed by atoms with E-state index in [1.807, 2.05) is 49.5 Å². The Morgan fingerprint density at radius 1 is 1.30 bits per heavy atom. The molecule has 0 saturated carbocycles. The standard InChI is InChI=1S/C23H25F2N3O2/c1-5-17(13-27(3)4)18-8-6-16(7-9-18)12-28-14-19-10-11-26-21(20(19)22(28)29)30-15-23(2,24)25/h5-11,13H,1,12,14-15H2,2-4H3/b17-13+. The van der Waals surface area contributed by atoms with Crippen LogP contribution in [0.25, 0.3) is 5.57 Å². The lowest BCUT2D eigenvalue weighted by atomic mass is 10.0. The third-order valence-corrected chi connectivity index (χ3v) is 4.61. The zero-order chi connectivity index (χ0) is 21.9. The van der Waals surface area contributed by atoms with Crippen molar-refractivity contribution in [1.82, 2.24) is 14.8 Å². The van der Waals surface area contributed by atoms with Gasteiger partial charge in [-0.1, -0.05) is 36.9 Å². The average Bonchev–Trinajstić information content (AvgIpc) is 3.00. The number of halogens is 2. The normalized spacial score (nSPS) is 14.0. The molecule has 2 aromatic rings. The minimum atomic E-state index is -3.00. The SMILES string of the molecule is C=C/C(=C\N(C)C)c1ccc(CN2Cc3ccnc(OCC(C)(F)F)c3C2=O)cc1. The Kier molecular flexibility index (Phi) is 6.20. The molecule has 1 amide bonds. The predicted octanol–water partition coefficient (Wildman–Crippen LogP) is 4.36. The summed E-state index contributed by atoms with van der Waals surface area (Å²) in [5.41, 5.74) is 3.98. The number of benzene rings is 1. The number of carbonyl (C=O) groups excluding carboxylic acids is 1. The van der Waals surface area contributed by atoms with Crippen molar-refractivity contribution in [2.75, 3.05) is 20.7 Å². The molecule has 0 saturated heterocycles. The van der Waals surface area contributed by atoms with E-state index in [1.165, 1.54) is 6.20 Å². The minimum Gasteiger partial charge on any atom is -0.471 e. The van der Waals surface area contributed by atoms with Gasteiger partial charge < -0.3 is 14.5 Å². The van der Waals surface area contributed by atoms with Crippen molar-refractivity contribution in [2.24, 2.45) is 0 Å². The van der Waals surface area contributed by atoms with E-state index in [1.54, 1.807) is 17.0 Å². The smallest absolute Gasteiger partial charge is 0.278 e. The third-order valence-electron chi connectivity index (χ3n) is 4.61. The molecule has 2 heterocycles. The van der Waals surface area contributed by atoms with Crippen molar-refractivity contribution in [3.63, 3.8) is 0 Å². The van der Waals surface area contributed by atoms with Crippen LogP contribution >= 0.6 is 0 Å². The molecule has 0 bridgehead atoms. The summed E-state index contributed by atoms with van der Waals surface area (Å²) in [6.07, 6.45) is 5.25. The Morgan fingerprint density at radius 2 is 2.00 bits per heavy atom.